The maximum atomic E-state index is 12.2. The predicted octanol–water partition coefficient (Wildman–Crippen LogP) is 4.33. The second kappa shape index (κ2) is 7.79. The Labute approximate surface area is 126 Å². The first-order chi connectivity index (χ1) is 9.30. The van der Waals surface area contributed by atoms with Crippen molar-refractivity contribution in [3.05, 3.63) is 0 Å². The maximum absolute atomic E-state index is 12.2. The van der Waals surface area contributed by atoms with Crippen LogP contribution in [0.2, 0.25) is 0 Å². The molecule has 0 aliphatic carbocycles. The van der Waals surface area contributed by atoms with Crippen LogP contribution in [-0.2, 0) is 10.0 Å². The SMILES string of the molecule is CCCCCCCCCC[C@H]1CN1S(=O)(=O)C(C)(C)C. The molecule has 0 spiro atoms. The molecule has 1 heterocycles. The molecule has 1 saturated heterocycles. The van der Waals surface area contributed by atoms with Gasteiger partial charge in [-0.3, -0.25) is 0 Å². The highest BCUT2D eigenvalue weighted by Gasteiger charge is 2.48. The van der Waals surface area contributed by atoms with E-state index in [1.807, 2.05) is 0 Å². The Morgan fingerprint density at radius 2 is 1.45 bits per heavy atom. The molecule has 1 aliphatic heterocycles. The fraction of sp³-hybridized carbons (Fsp3) is 1.00. The van der Waals surface area contributed by atoms with Crippen molar-refractivity contribution in [3.8, 4) is 0 Å². The molecule has 1 fully saturated rings. The number of rotatable bonds is 10. The molecular weight excluding hydrogens is 270 g/mol. The molecule has 1 aliphatic rings. The summed E-state index contributed by atoms with van der Waals surface area (Å²) in [6.45, 7) is 8.35. The zero-order valence-electron chi connectivity index (χ0n) is 13.8. The normalized spacial score (nSPS) is 23.0. The maximum Gasteiger partial charge on any atom is 0.219 e. The summed E-state index contributed by atoms with van der Waals surface area (Å²) in [5.41, 5.74) is 0. The van der Waals surface area contributed by atoms with Crippen LogP contribution >= 0.6 is 0 Å². The average Bonchev–Trinajstić information content (AvgIpc) is 3.11. The molecule has 0 aromatic heterocycles. The third kappa shape index (κ3) is 5.36. The lowest BCUT2D eigenvalue weighted by molar-refractivity contribution is 0.504. The summed E-state index contributed by atoms with van der Waals surface area (Å²) in [4.78, 5) is 0. The Morgan fingerprint density at radius 3 is 1.95 bits per heavy atom. The summed E-state index contributed by atoms with van der Waals surface area (Å²) in [6, 6.07) is 0.291. The molecule has 1 rings (SSSR count). The predicted molar refractivity (Wildman–Crippen MR) is 86.4 cm³/mol. The number of hydrogen-bond donors (Lipinski definition) is 0. The van der Waals surface area contributed by atoms with Crippen molar-refractivity contribution in [2.75, 3.05) is 6.54 Å². The average molecular weight is 304 g/mol. The fourth-order valence-electron chi connectivity index (χ4n) is 2.56. The van der Waals surface area contributed by atoms with Crippen LogP contribution < -0.4 is 0 Å². The molecular formula is C16H33NO2S. The molecule has 2 atom stereocenters. The van der Waals surface area contributed by atoms with E-state index in [-0.39, 0.29) is 0 Å². The number of nitrogens with zero attached hydrogens (tertiary/aromatic N) is 1. The lowest BCUT2D eigenvalue weighted by Crippen LogP contribution is -2.34. The Kier molecular flexibility index (Phi) is 6.99. The van der Waals surface area contributed by atoms with Gasteiger partial charge >= 0.3 is 0 Å². The largest absolute Gasteiger partial charge is 0.219 e. The number of unbranched alkanes of at least 4 members (excludes halogenated alkanes) is 7. The van der Waals surface area contributed by atoms with E-state index in [9.17, 15) is 8.42 Å². The van der Waals surface area contributed by atoms with Gasteiger partial charge in [-0.25, -0.2) is 8.42 Å². The number of hydrogen-bond acceptors (Lipinski definition) is 2. The highest BCUT2D eigenvalue weighted by molar-refractivity contribution is 7.90. The van der Waals surface area contributed by atoms with Crippen molar-refractivity contribution in [2.45, 2.75) is 96.3 Å². The first kappa shape index (κ1) is 18.0. The van der Waals surface area contributed by atoms with Gasteiger partial charge in [-0.1, -0.05) is 58.3 Å². The van der Waals surface area contributed by atoms with E-state index in [2.05, 4.69) is 6.92 Å². The highest BCUT2D eigenvalue weighted by atomic mass is 32.2. The van der Waals surface area contributed by atoms with Crippen molar-refractivity contribution in [1.82, 2.24) is 4.31 Å². The number of sulfonamides is 1. The van der Waals surface area contributed by atoms with Gasteiger partial charge in [0, 0.05) is 12.6 Å². The summed E-state index contributed by atoms with van der Waals surface area (Å²) < 4.78 is 25.4. The van der Waals surface area contributed by atoms with Crippen molar-refractivity contribution < 1.29 is 8.42 Å². The van der Waals surface area contributed by atoms with Gasteiger partial charge < -0.3 is 0 Å². The molecule has 0 aromatic carbocycles. The second-order valence-electron chi connectivity index (χ2n) is 7.10. The van der Waals surface area contributed by atoms with E-state index in [0.29, 0.717) is 6.04 Å². The summed E-state index contributed by atoms with van der Waals surface area (Å²) in [5.74, 6) is 0. The minimum Gasteiger partial charge on any atom is -0.212 e. The zero-order chi connectivity index (χ0) is 15.2. The molecule has 0 bridgehead atoms. The van der Waals surface area contributed by atoms with Gasteiger partial charge in [-0.15, -0.1) is 0 Å². The van der Waals surface area contributed by atoms with Crippen molar-refractivity contribution in [1.29, 1.82) is 0 Å². The van der Waals surface area contributed by atoms with Crippen LogP contribution in [0.25, 0.3) is 0 Å². The summed E-state index contributed by atoms with van der Waals surface area (Å²) >= 11 is 0. The summed E-state index contributed by atoms with van der Waals surface area (Å²) in [6.07, 6.45) is 11.5. The minimum atomic E-state index is -3.08. The lowest BCUT2D eigenvalue weighted by Gasteiger charge is -2.20. The van der Waals surface area contributed by atoms with Gasteiger partial charge in [0.15, 0.2) is 0 Å². The van der Waals surface area contributed by atoms with E-state index >= 15 is 0 Å². The monoisotopic (exact) mass is 303 g/mol. The molecule has 0 amide bonds. The third-order valence-corrected chi connectivity index (χ3v) is 6.75. The van der Waals surface area contributed by atoms with Crippen LogP contribution in [0.5, 0.6) is 0 Å². The quantitative estimate of drug-likeness (QED) is 0.445. The van der Waals surface area contributed by atoms with Gasteiger partial charge in [0.05, 0.1) is 4.75 Å². The van der Waals surface area contributed by atoms with Crippen LogP contribution in [-0.4, -0.2) is 30.1 Å². The molecule has 0 N–H and O–H groups in total. The van der Waals surface area contributed by atoms with Crippen LogP contribution in [0.15, 0.2) is 0 Å². The van der Waals surface area contributed by atoms with Gasteiger partial charge in [0.25, 0.3) is 0 Å². The third-order valence-electron chi connectivity index (χ3n) is 4.14. The molecule has 0 radical (unpaired) electrons. The summed E-state index contributed by atoms with van der Waals surface area (Å²) in [5, 5.41) is 0. The van der Waals surface area contributed by atoms with E-state index in [1.54, 1.807) is 25.1 Å². The Hall–Kier alpha value is -0.0900. The van der Waals surface area contributed by atoms with Gasteiger partial charge in [-0.05, 0) is 27.2 Å². The Bertz CT molecular complexity index is 370. The molecule has 0 aromatic rings. The summed E-state index contributed by atoms with van der Waals surface area (Å²) in [7, 11) is -3.08. The van der Waals surface area contributed by atoms with E-state index < -0.39 is 14.8 Å². The van der Waals surface area contributed by atoms with E-state index in [1.165, 1.54) is 51.4 Å². The Morgan fingerprint density at radius 1 is 0.950 bits per heavy atom. The first-order valence-electron chi connectivity index (χ1n) is 8.32. The van der Waals surface area contributed by atoms with Gasteiger partial charge in [0.2, 0.25) is 10.0 Å². The smallest absolute Gasteiger partial charge is 0.212 e. The van der Waals surface area contributed by atoms with Gasteiger partial charge in [-0.2, -0.15) is 4.31 Å². The zero-order valence-corrected chi connectivity index (χ0v) is 14.6. The van der Waals surface area contributed by atoms with E-state index in [0.717, 1.165) is 13.0 Å². The lowest BCUT2D eigenvalue weighted by atomic mass is 10.1. The van der Waals surface area contributed by atoms with Crippen LogP contribution in [0, 0.1) is 0 Å². The van der Waals surface area contributed by atoms with Crippen LogP contribution in [0.4, 0.5) is 0 Å². The molecule has 120 valence electrons. The standard InChI is InChI=1S/C16H33NO2S/c1-5-6-7-8-9-10-11-12-13-15-14-17(15)20(18,19)16(2,3)4/h15H,5-14H2,1-4H3/t15-,17?/m0/s1. The van der Waals surface area contributed by atoms with Crippen LogP contribution in [0.3, 0.4) is 0 Å². The second-order valence-corrected chi connectivity index (χ2v) is 9.75. The van der Waals surface area contributed by atoms with Crippen molar-refractivity contribution >= 4 is 10.0 Å². The molecule has 4 heteroatoms. The van der Waals surface area contributed by atoms with Crippen LogP contribution in [0.1, 0.15) is 85.5 Å². The molecule has 0 saturated carbocycles. The van der Waals surface area contributed by atoms with Gasteiger partial charge in [0.1, 0.15) is 0 Å². The minimum absolute atomic E-state index is 0.291. The molecule has 20 heavy (non-hydrogen) atoms. The van der Waals surface area contributed by atoms with Crippen molar-refractivity contribution in [2.24, 2.45) is 0 Å². The highest BCUT2D eigenvalue weighted by Crippen LogP contribution is 2.33. The molecule has 3 nitrogen and oxygen atoms in total. The first-order valence-corrected chi connectivity index (χ1v) is 9.76. The topological polar surface area (TPSA) is 37.1 Å². The van der Waals surface area contributed by atoms with E-state index in [4.69, 9.17) is 0 Å². The van der Waals surface area contributed by atoms with Crippen molar-refractivity contribution in [3.63, 3.8) is 0 Å². The molecule has 1 unspecified atom stereocenters. The fourth-order valence-corrected chi connectivity index (χ4v) is 4.13. The Balaban J connectivity index is 2.06.